The van der Waals surface area contributed by atoms with Crippen LogP contribution < -0.4 is 0 Å². The molecule has 0 aromatic heterocycles. The van der Waals surface area contributed by atoms with Crippen LogP contribution in [0.4, 0.5) is 13.2 Å². The Morgan fingerprint density at radius 3 is 2.08 bits per heavy atom. The van der Waals surface area contributed by atoms with E-state index in [1.165, 1.54) is 19.1 Å². The number of carbonyl (C=O) groups excluding carboxylic acids is 2. The maximum absolute atomic E-state index is 11.8. The number of hydrogen-bond donors (Lipinski definition) is 0. The van der Waals surface area contributed by atoms with Crippen LogP contribution in [0, 0.1) is 0 Å². The SMILES string of the molecule is CC(=O)C1=Cc2ccccc2CC1=O.FC(F)(F)c1ccccc1. The van der Waals surface area contributed by atoms with Gasteiger partial charge in [-0.3, -0.25) is 9.59 Å². The molecule has 0 heterocycles. The number of benzene rings is 2. The van der Waals surface area contributed by atoms with Crippen molar-refractivity contribution in [3.63, 3.8) is 0 Å². The van der Waals surface area contributed by atoms with Gasteiger partial charge in [0, 0.05) is 6.42 Å². The molecule has 5 heteroatoms. The fourth-order valence-electron chi connectivity index (χ4n) is 2.27. The van der Waals surface area contributed by atoms with Crippen molar-refractivity contribution in [1.82, 2.24) is 0 Å². The van der Waals surface area contributed by atoms with Crippen LogP contribution in [-0.4, -0.2) is 11.6 Å². The molecule has 0 unspecified atom stereocenters. The minimum Gasteiger partial charge on any atom is -0.294 e. The van der Waals surface area contributed by atoms with Gasteiger partial charge in [-0.25, -0.2) is 0 Å². The summed E-state index contributed by atoms with van der Waals surface area (Å²) in [5.74, 6) is -0.222. The molecule has 2 aromatic rings. The van der Waals surface area contributed by atoms with Crippen molar-refractivity contribution in [1.29, 1.82) is 0 Å². The van der Waals surface area contributed by atoms with E-state index >= 15 is 0 Å². The highest BCUT2D eigenvalue weighted by Crippen LogP contribution is 2.28. The van der Waals surface area contributed by atoms with Crippen LogP contribution in [0.15, 0.2) is 60.2 Å². The van der Waals surface area contributed by atoms with Gasteiger partial charge in [0.2, 0.25) is 0 Å². The topological polar surface area (TPSA) is 34.1 Å². The van der Waals surface area contributed by atoms with Crippen molar-refractivity contribution < 1.29 is 22.8 Å². The third-order valence-corrected chi connectivity index (χ3v) is 3.49. The van der Waals surface area contributed by atoms with E-state index in [2.05, 4.69) is 0 Å². The molecule has 0 atom stereocenters. The van der Waals surface area contributed by atoms with Crippen LogP contribution in [0.3, 0.4) is 0 Å². The van der Waals surface area contributed by atoms with Gasteiger partial charge < -0.3 is 0 Å². The molecule has 2 aromatic carbocycles. The summed E-state index contributed by atoms with van der Waals surface area (Å²) in [6, 6.07) is 14.0. The zero-order chi connectivity index (χ0) is 17.7. The van der Waals surface area contributed by atoms with E-state index in [4.69, 9.17) is 0 Å². The number of ketones is 2. The van der Waals surface area contributed by atoms with Gasteiger partial charge in [-0.2, -0.15) is 13.2 Å². The number of halogens is 3. The molecular formula is C19H15F3O2. The van der Waals surface area contributed by atoms with E-state index < -0.39 is 11.7 Å². The summed E-state index contributed by atoms with van der Waals surface area (Å²) >= 11 is 0. The third kappa shape index (κ3) is 4.41. The first kappa shape index (κ1) is 17.7. The summed E-state index contributed by atoms with van der Waals surface area (Å²) in [6.45, 7) is 1.43. The zero-order valence-corrected chi connectivity index (χ0v) is 12.9. The van der Waals surface area contributed by atoms with E-state index in [-0.39, 0.29) is 11.6 Å². The lowest BCUT2D eigenvalue weighted by atomic mass is 9.90. The van der Waals surface area contributed by atoms with Crippen LogP contribution in [-0.2, 0) is 22.2 Å². The zero-order valence-electron chi connectivity index (χ0n) is 12.9. The number of Topliss-reactive ketones (excluding diaryl/α,β-unsaturated/α-hetero) is 2. The summed E-state index contributed by atoms with van der Waals surface area (Å²) in [6.07, 6.45) is -2.17. The summed E-state index contributed by atoms with van der Waals surface area (Å²) in [5, 5.41) is 0. The van der Waals surface area contributed by atoms with Crippen LogP contribution in [0.2, 0.25) is 0 Å². The summed E-state index contributed by atoms with van der Waals surface area (Å²) in [5.41, 5.74) is 1.71. The molecule has 2 nitrogen and oxygen atoms in total. The Labute approximate surface area is 137 Å². The maximum Gasteiger partial charge on any atom is 0.416 e. The first-order valence-electron chi connectivity index (χ1n) is 7.25. The normalized spacial score (nSPS) is 13.3. The van der Waals surface area contributed by atoms with E-state index in [1.54, 1.807) is 12.1 Å². The third-order valence-electron chi connectivity index (χ3n) is 3.49. The molecule has 0 saturated heterocycles. The second-order valence-electron chi connectivity index (χ2n) is 5.28. The Morgan fingerprint density at radius 1 is 0.958 bits per heavy atom. The fourth-order valence-corrected chi connectivity index (χ4v) is 2.27. The molecule has 0 N–H and O–H groups in total. The van der Waals surface area contributed by atoms with Gasteiger partial charge in [0.1, 0.15) is 0 Å². The molecule has 3 rings (SSSR count). The molecule has 0 bridgehead atoms. The number of hydrogen-bond acceptors (Lipinski definition) is 2. The molecule has 1 aliphatic carbocycles. The highest BCUT2D eigenvalue weighted by atomic mass is 19.4. The first-order chi connectivity index (χ1) is 11.3. The van der Waals surface area contributed by atoms with E-state index in [0.717, 1.165) is 23.3 Å². The lowest BCUT2D eigenvalue weighted by molar-refractivity contribution is -0.137. The number of fused-ring (bicyclic) bond motifs is 1. The lowest BCUT2D eigenvalue weighted by Gasteiger charge is -2.12. The molecule has 1 aliphatic rings. The van der Waals surface area contributed by atoms with Crippen molar-refractivity contribution in [3.8, 4) is 0 Å². The number of carbonyl (C=O) groups is 2. The Hall–Kier alpha value is -2.69. The van der Waals surface area contributed by atoms with Gasteiger partial charge in [0.05, 0.1) is 11.1 Å². The maximum atomic E-state index is 11.8. The minimum absolute atomic E-state index is 0.0730. The molecule has 0 spiro atoms. The Morgan fingerprint density at radius 2 is 1.54 bits per heavy atom. The largest absolute Gasteiger partial charge is 0.416 e. The average Bonchev–Trinajstić information content (AvgIpc) is 2.54. The summed E-state index contributed by atoms with van der Waals surface area (Å²) in [4.78, 5) is 22.6. The second-order valence-corrected chi connectivity index (χ2v) is 5.28. The Bertz CT molecular complexity index is 775. The minimum atomic E-state index is -4.21. The number of alkyl halides is 3. The van der Waals surface area contributed by atoms with Crippen LogP contribution in [0.5, 0.6) is 0 Å². The van der Waals surface area contributed by atoms with E-state index in [9.17, 15) is 22.8 Å². The molecule has 0 saturated carbocycles. The van der Waals surface area contributed by atoms with Crippen molar-refractivity contribution in [2.45, 2.75) is 19.5 Å². The summed E-state index contributed by atoms with van der Waals surface area (Å²) < 4.78 is 35.4. The summed E-state index contributed by atoms with van der Waals surface area (Å²) in [7, 11) is 0. The molecule has 24 heavy (non-hydrogen) atoms. The second kappa shape index (κ2) is 7.25. The smallest absolute Gasteiger partial charge is 0.294 e. The standard InChI is InChI=1S/C12H10O2.C7H5F3/c1-8(13)11-6-9-4-2-3-5-10(9)7-12(11)14;8-7(9,10)6-4-2-1-3-5-6/h2-6H,7H2,1H3;1-5H. The molecule has 0 aliphatic heterocycles. The number of allylic oxidation sites excluding steroid dienone is 1. The fraction of sp³-hybridized carbons (Fsp3) is 0.158. The predicted molar refractivity (Wildman–Crippen MR) is 85.3 cm³/mol. The van der Waals surface area contributed by atoms with Crippen LogP contribution >= 0.6 is 0 Å². The predicted octanol–water partition coefficient (Wildman–Crippen LogP) is 4.49. The number of rotatable bonds is 1. The van der Waals surface area contributed by atoms with Gasteiger partial charge in [0.25, 0.3) is 0 Å². The lowest BCUT2D eigenvalue weighted by Crippen LogP contribution is -2.16. The van der Waals surface area contributed by atoms with Crippen LogP contribution in [0.1, 0.15) is 23.6 Å². The van der Waals surface area contributed by atoms with E-state index in [1.807, 2.05) is 24.3 Å². The quantitative estimate of drug-likeness (QED) is 0.721. The molecule has 0 amide bonds. The van der Waals surface area contributed by atoms with E-state index in [0.29, 0.717) is 12.0 Å². The van der Waals surface area contributed by atoms with Crippen molar-refractivity contribution >= 4 is 17.6 Å². The molecule has 124 valence electrons. The van der Waals surface area contributed by atoms with Crippen molar-refractivity contribution in [2.24, 2.45) is 0 Å². The first-order valence-corrected chi connectivity index (χ1v) is 7.25. The van der Waals surface area contributed by atoms with Crippen molar-refractivity contribution in [3.05, 3.63) is 76.9 Å². The highest BCUT2D eigenvalue weighted by molar-refractivity contribution is 6.24. The molecular weight excluding hydrogens is 317 g/mol. The van der Waals surface area contributed by atoms with Gasteiger partial charge >= 0.3 is 6.18 Å². The Kier molecular flexibility index (Phi) is 5.34. The van der Waals surface area contributed by atoms with Gasteiger partial charge in [-0.15, -0.1) is 0 Å². The van der Waals surface area contributed by atoms with Crippen LogP contribution in [0.25, 0.3) is 6.08 Å². The molecule has 0 fully saturated rings. The van der Waals surface area contributed by atoms with Gasteiger partial charge in [0.15, 0.2) is 11.6 Å². The monoisotopic (exact) mass is 332 g/mol. The average molecular weight is 332 g/mol. The highest BCUT2D eigenvalue weighted by Gasteiger charge is 2.29. The van der Waals surface area contributed by atoms with Gasteiger partial charge in [-0.05, 0) is 24.1 Å². The van der Waals surface area contributed by atoms with Gasteiger partial charge in [-0.1, -0.05) is 54.6 Å². The van der Waals surface area contributed by atoms with Crippen molar-refractivity contribution in [2.75, 3.05) is 0 Å². The molecule has 0 radical (unpaired) electrons. The Balaban J connectivity index is 0.000000185.